The topological polar surface area (TPSA) is 17.8 Å². The van der Waals surface area contributed by atoms with Crippen LogP contribution in [0, 0.1) is 0 Å². The summed E-state index contributed by atoms with van der Waals surface area (Å²) < 4.78 is 2.29. The van der Waals surface area contributed by atoms with E-state index in [9.17, 15) is 0 Å². The standard InChI is InChI=1S/C20H22N2Si.C14H13B/c1-3-16-23(2)20(22-15-14-21-17-22,18-10-6-4-7-11-18)19-12-8-5-9-13-19;1-2-15(13-9-5-3-6-10-13)14-11-7-4-8-12-14/h3-17,23H,1-2H3;2-12H,1H2. The number of aromatic nitrogens is 2. The van der Waals surface area contributed by atoms with Gasteiger partial charge in [0.1, 0.15) is 0 Å². The molecule has 38 heavy (non-hydrogen) atoms. The molecule has 2 nitrogen and oxygen atoms in total. The molecule has 0 saturated carbocycles. The van der Waals surface area contributed by atoms with Crippen LogP contribution in [0.25, 0.3) is 0 Å². The summed E-state index contributed by atoms with van der Waals surface area (Å²) in [4.78, 5) is 4.34. The van der Waals surface area contributed by atoms with Crippen molar-refractivity contribution in [2.24, 2.45) is 0 Å². The molecule has 0 aliphatic rings. The first-order valence-corrected chi connectivity index (χ1v) is 15.6. The van der Waals surface area contributed by atoms with E-state index < -0.39 is 8.80 Å². The molecule has 5 aromatic rings. The fourth-order valence-corrected chi connectivity index (χ4v) is 8.21. The van der Waals surface area contributed by atoms with Gasteiger partial charge >= 0.3 is 0 Å². The molecule has 0 N–H and O–H groups in total. The van der Waals surface area contributed by atoms with Crippen molar-refractivity contribution in [2.45, 2.75) is 18.6 Å². The predicted octanol–water partition coefficient (Wildman–Crippen LogP) is 6.21. The highest BCUT2D eigenvalue weighted by molar-refractivity contribution is 6.89. The van der Waals surface area contributed by atoms with Crippen LogP contribution in [0.1, 0.15) is 18.1 Å². The molecule has 0 saturated heterocycles. The summed E-state index contributed by atoms with van der Waals surface area (Å²) in [7, 11) is -1.36. The van der Waals surface area contributed by atoms with Crippen LogP contribution in [-0.2, 0) is 5.16 Å². The number of imidazole rings is 1. The van der Waals surface area contributed by atoms with Crippen molar-refractivity contribution >= 4 is 26.4 Å². The molecule has 1 unspecified atom stereocenters. The SMILES string of the molecule is C=CB(c1ccccc1)c1ccccc1.CC=C[SiH](C)C(c1ccccc1)(c1ccccc1)n1ccnc1. The number of hydrogen-bond donors (Lipinski definition) is 0. The Hall–Kier alpha value is -4.15. The first-order chi connectivity index (χ1) is 18.7. The molecule has 4 aromatic carbocycles. The lowest BCUT2D eigenvalue weighted by Crippen LogP contribution is -2.47. The zero-order valence-electron chi connectivity index (χ0n) is 22.3. The maximum atomic E-state index is 4.34. The minimum absolute atomic E-state index is 0.175. The molecule has 1 heterocycles. The first-order valence-electron chi connectivity index (χ1n) is 13.2. The van der Waals surface area contributed by atoms with Crippen LogP contribution in [0.3, 0.4) is 0 Å². The van der Waals surface area contributed by atoms with Gasteiger partial charge in [0, 0.05) is 12.4 Å². The summed E-state index contributed by atoms with van der Waals surface area (Å²) in [5.41, 5.74) is 7.63. The largest absolute Gasteiger partial charge is 0.326 e. The number of rotatable bonds is 8. The summed E-state index contributed by atoms with van der Waals surface area (Å²) in [6.07, 6.45) is 8.10. The van der Waals surface area contributed by atoms with Crippen LogP contribution in [-0.4, -0.2) is 25.1 Å². The van der Waals surface area contributed by atoms with E-state index in [2.05, 4.69) is 157 Å². The maximum Gasteiger partial charge on any atom is 0.233 e. The fourth-order valence-electron chi connectivity index (χ4n) is 5.29. The number of hydrogen-bond acceptors (Lipinski definition) is 1. The molecule has 0 aliphatic heterocycles. The molecule has 4 heteroatoms. The summed E-state index contributed by atoms with van der Waals surface area (Å²) in [6, 6.07) is 42.5. The Kier molecular flexibility index (Phi) is 9.49. The predicted molar refractivity (Wildman–Crippen MR) is 167 cm³/mol. The van der Waals surface area contributed by atoms with Crippen LogP contribution >= 0.6 is 0 Å². The molecular weight excluding hydrogens is 475 g/mol. The van der Waals surface area contributed by atoms with E-state index in [1.54, 1.807) is 0 Å². The molecule has 0 fully saturated rings. The van der Waals surface area contributed by atoms with Gasteiger partial charge in [0.25, 0.3) is 0 Å². The lowest BCUT2D eigenvalue weighted by atomic mass is 9.41. The van der Waals surface area contributed by atoms with Crippen molar-refractivity contribution in [3.05, 3.63) is 176 Å². The summed E-state index contributed by atoms with van der Waals surface area (Å²) in [5.74, 6) is 1.99. The maximum absolute atomic E-state index is 4.34. The smallest absolute Gasteiger partial charge is 0.233 e. The third-order valence-corrected chi connectivity index (χ3v) is 10.3. The molecule has 0 amide bonds. The zero-order valence-corrected chi connectivity index (χ0v) is 23.4. The quantitative estimate of drug-likeness (QED) is 0.227. The summed E-state index contributed by atoms with van der Waals surface area (Å²) in [5, 5.41) is -0.175. The van der Waals surface area contributed by atoms with Crippen LogP contribution in [0.4, 0.5) is 0 Å². The molecule has 1 aromatic heterocycles. The average molecular weight is 511 g/mol. The van der Waals surface area contributed by atoms with Crippen LogP contribution in [0.15, 0.2) is 164 Å². The Labute approximate surface area is 229 Å². The van der Waals surface area contributed by atoms with Crippen molar-refractivity contribution < 1.29 is 0 Å². The number of allylic oxidation sites excluding steroid dienone is 1. The third-order valence-electron chi connectivity index (χ3n) is 7.03. The van der Waals surface area contributed by atoms with Gasteiger partial charge in [-0.3, -0.25) is 0 Å². The lowest BCUT2D eigenvalue weighted by Gasteiger charge is -2.40. The lowest BCUT2D eigenvalue weighted by molar-refractivity contribution is 0.587. The highest BCUT2D eigenvalue weighted by Crippen LogP contribution is 2.37. The van der Waals surface area contributed by atoms with E-state index in [4.69, 9.17) is 0 Å². The highest BCUT2D eigenvalue weighted by atomic mass is 28.3. The van der Waals surface area contributed by atoms with Crippen molar-refractivity contribution in [1.82, 2.24) is 9.55 Å². The molecule has 0 bridgehead atoms. The van der Waals surface area contributed by atoms with Gasteiger partial charge in [-0.25, -0.2) is 4.98 Å². The van der Waals surface area contributed by atoms with Crippen molar-refractivity contribution in [2.75, 3.05) is 0 Å². The van der Waals surface area contributed by atoms with Crippen molar-refractivity contribution in [3.63, 3.8) is 0 Å². The minimum Gasteiger partial charge on any atom is -0.326 e. The van der Waals surface area contributed by atoms with Crippen LogP contribution in [0.5, 0.6) is 0 Å². The molecule has 0 radical (unpaired) electrons. The molecule has 0 spiro atoms. The Balaban J connectivity index is 0.000000194. The van der Waals surface area contributed by atoms with Crippen molar-refractivity contribution in [1.29, 1.82) is 0 Å². The molecule has 188 valence electrons. The van der Waals surface area contributed by atoms with Crippen LogP contribution in [0.2, 0.25) is 6.55 Å². The first kappa shape index (κ1) is 26.9. The molecule has 1 atom stereocenters. The van der Waals surface area contributed by atoms with Gasteiger partial charge in [0.05, 0.1) is 20.3 Å². The van der Waals surface area contributed by atoms with Crippen LogP contribution < -0.4 is 10.9 Å². The van der Waals surface area contributed by atoms with Gasteiger partial charge in [0.15, 0.2) is 0 Å². The van der Waals surface area contributed by atoms with E-state index in [0.717, 1.165) is 0 Å². The molecular formula is C34H35BN2Si. The van der Waals surface area contributed by atoms with E-state index in [1.807, 2.05) is 30.6 Å². The van der Waals surface area contributed by atoms with E-state index in [0.29, 0.717) is 6.71 Å². The number of benzene rings is 4. The van der Waals surface area contributed by atoms with Gasteiger partial charge < -0.3 is 4.57 Å². The van der Waals surface area contributed by atoms with E-state index in [-0.39, 0.29) is 5.16 Å². The fraction of sp³-hybridized carbons (Fsp3) is 0.0882. The average Bonchev–Trinajstić information content (AvgIpc) is 3.52. The highest BCUT2D eigenvalue weighted by Gasteiger charge is 2.40. The summed E-state index contributed by atoms with van der Waals surface area (Å²) >= 11 is 0. The minimum atomic E-state index is -1.36. The third kappa shape index (κ3) is 5.87. The van der Waals surface area contributed by atoms with Crippen molar-refractivity contribution in [3.8, 4) is 0 Å². The second kappa shape index (κ2) is 13.4. The Bertz CT molecular complexity index is 1310. The normalized spacial score (nSPS) is 11.8. The van der Waals surface area contributed by atoms with Gasteiger partial charge in [-0.1, -0.05) is 151 Å². The molecule has 0 aliphatic carbocycles. The monoisotopic (exact) mass is 510 g/mol. The Morgan fingerprint density at radius 1 is 0.737 bits per heavy atom. The van der Waals surface area contributed by atoms with E-state index >= 15 is 0 Å². The Morgan fingerprint density at radius 2 is 1.18 bits per heavy atom. The second-order valence-electron chi connectivity index (χ2n) is 9.32. The number of nitrogens with zero attached hydrogens (tertiary/aromatic N) is 2. The van der Waals surface area contributed by atoms with E-state index in [1.165, 1.54) is 22.1 Å². The Morgan fingerprint density at radius 3 is 1.55 bits per heavy atom. The van der Waals surface area contributed by atoms with Gasteiger partial charge in [-0.2, -0.15) is 0 Å². The zero-order chi connectivity index (χ0) is 26.6. The van der Waals surface area contributed by atoms with Gasteiger partial charge in [-0.05, 0) is 18.1 Å². The van der Waals surface area contributed by atoms with Gasteiger partial charge in [0.2, 0.25) is 6.71 Å². The molecule has 5 rings (SSSR count). The second-order valence-corrected chi connectivity index (χ2v) is 12.1. The van der Waals surface area contributed by atoms with Gasteiger partial charge in [-0.15, -0.1) is 12.6 Å². The summed E-state index contributed by atoms with van der Waals surface area (Å²) in [6.45, 7) is 8.72.